The van der Waals surface area contributed by atoms with Crippen LogP contribution in [-0.2, 0) is 4.79 Å². The molecule has 2 nitrogen and oxygen atoms in total. The highest BCUT2D eigenvalue weighted by molar-refractivity contribution is 8.26. The summed E-state index contributed by atoms with van der Waals surface area (Å²) in [7, 11) is 0. The Balaban J connectivity index is 2.27. The summed E-state index contributed by atoms with van der Waals surface area (Å²) in [6, 6.07) is 8.03. The van der Waals surface area contributed by atoms with Crippen molar-refractivity contribution < 1.29 is 4.79 Å². The molecule has 0 spiro atoms. The first-order valence-corrected chi connectivity index (χ1v) is 6.77. The van der Waals surface area contributed by atoms with E-state index in [2.05, 4.69) is 6.58 Å². The van der Waals surface area contributed by atoms with Crippen molar-refractivity contribution in [1.82, 2.24) is 4.90 Å². The summed E-state index contributed by atoms with van der Waals surface area (Å²) >= 11 is 6.53. The van der Waals surface area contributed by atoms with Gasteiger partial charge in [-0.15, -0.1) is 6.58 Å². The summed E-state index contributed by atoms with van der Waals surface area (Å²) in [5.74, 6) is -0.0357. The van der Waals surface area contributed by atoms with Crippen molar-refractivity contribution in [3.63, 3.8) is 0 Å². The van der Waals surface area contributed by atoms with E-state index in [-0.39, 0.29) is 5.91 Å². The van der Waals surface area contributed by atoms with Gasteiger partial charge >= 0.3 is 0 Å². The third-order valence-electron chi connectivity index (χ3n) is 2.53. The Bertz CT molecular complexity index is 548. The predicted octanol–water partition coefficient (Wildman–Crippen LogP) is 3.38. The molecule has 0 saturated carbocycles. The van der Waals surface area contributed by atoms with Crippen LogP contribution in [0.4, 0.5) is 0 Å². The molecular formula is C14H13NOS2. The Labute approximate surface area is 116 Å². The third kappa shape index (κ3) is 2.71. The van der Waals surface area contributed by atoms with E-state index in [0.29, 0.717) is 15.8 Å². The monoisotopic (exact) mass is 275 g/mol. The zero-order chi connectivity index (χ0) is 13.1. The molecule has 1 aromatic rings. The van der Waals surface area contributed by atoms with Gasteiger partial charge < -0.3 is 0 Å². The second-order valence-electron chi connectivity index (χ2n) is 4.00. The van der Waals surface area contributed by atoms with Gasteiger partial charge in [0.1, 0.15) is 4.32 Å². The molecule has 0 aliphatic carbocycles. The number of thiocarbonyl (C=S) groups is 1. The number of rotatable bonds is 3. The number of hydrogen-bond donors (Lipinski definition) is 0. The Hall–Kier alpha value is -1.39. The van der Waals surface area contributed by atoms with Crippen molar-refractivity contribution in [2.75, 3.05) is 6.54 Å². The second-order valence-corrected chi connectivity index (χ2v) is 5.67. The van der Waals surface area contributed by atoms with Gasteiger partial charge in [0.15, 0.2) is 0 Å². The van der Waals surface area contributed by atoms with Gasteiger partial charge in [0, 0.05) is 6.54 Å². The maximum Gasteiger partial charge on any atom is 0.266 e. The fraction of sp³-hybridized carbons (Fsp3) is 0.143. The first-order valence-electron chi connectivity index (χ1n) is 5.55. The minimum atomic E-state index is -0.0357. The number of aryl methyl sites for hydroxylation is 1. The van der Waals surface area contributed by atoms with Gasteiger partial charge in [-0.3, -0.25) is 9.69 Å². The van der Waals surface area contributed by atoms with Gasteiger partial charge in [0.25, 0.3) is 5.91 Å². The molecule has 1 aliphatic heterocycles. The summed E-state index contributed by atoms with van der Waals surface area (Å²) in [5.41, 5.74) is 2.19. The number of nitrogens with zero attached hydrogens (tertiary/aromatic N) is 1. The summed E-state index contributed by atoms with van der Waals surface area (Å²) in [6.45, 7) is 6.13. The zero-order valence-corrected chi connectivity index (χ0v) is 11.7. The van der Waals surface area contributed by atoms with E-state index in [4.69, 9.17) is 12.2 Å². The van der Waals surface area contributed by atoms with Gasteiger partial charge in [-0.25, -0.2) is 0 Å². The summed E-state index contributed by atoms with van der Waals surface area (Å²) in [5, 5.41) is 0. The van der Waals surface area contributed by atoms with Crippen molar-refractivity contribution >= 4 is 40.3 Å². The van der Waals surface area contributed by atoms with Crippen molar-refractivity contribution in [1.29, 1.82) is 0 Å². The van der Waals surface area contributed by atoms with E-state index >= 15 is 0 Å². The van der Waals surface area contributed by atoms with Crippen LogP contribution in [0.25, 0.3) is 6.08 Å². The van der Waals surface area contributed by atoms with Crippen molar-refractivity contribution in [3.05, 3.63) is 53.0 Å². The lowest BCUT2D eigenvalue weighted by Gasteiger charge is -2.10. The first-order chi connectivity index (χ1) is 8.61. The second kappa shape index (κ2) is 5.50. The summed E-state index contributed by atoms with van der Waals surface area (Å²) in [4.78, 5) is 14.3. The van der Waals surface area contributed by atoms with E-state index < -0.39 is 0 Å². The van der Waals surface area contributed by atoms with E-state index in [1.54, 1.807) is 11.0 Å². The lowest BCUT2D eigenvalue weighted by atomic mass is 10.1. The molecule has 92 valence electrons. The Morgan fingerprint density at radius 2 is 2.28 bits per heavy atom. The van der Waals surface area contributed by atoms with Crippen LogP contribution in [0.15, 0.2) is 41.8 Å². The predicted molar refractivity (Wildman–Crippen MR) is 81.3 cm³/mol. The van der Waals surface area contributed by atoms with E-state index in [0.717, 1.165) is 5.56 Å². The molecule has 0 bridgehead atoms. The molecule has 0 N–H and O–H groups in total. The van der Waals surface area contributed by atoms with Crippen molar-refractivity contribution in [2.24, 2.45) is 0 Å². The average molecular weight is 275 g/mol. The molecule has 18 heavy (non-hydrogen) atoms. The van der Waals surface area contributed by atoms with Crippen LogP contribution in [-0.4, -0.2) is 21.7 Å². The van der Waals surface area contributed by atoms with E-state index in [1.807, 2.05) is 37.3 Å². The van der Waals surface area contributed by atoms with Crippen LogP contribution in [0.2, 0.25) is 0 Å². The van der Waals surface area contributed by atoms with Crippen LogP contribution < -0.4 is 0 Å². The molecule has 0 unspecified atom stereocenters. The van der Waals surface area contributed by atoms with Gasteiger partial charge in [0.2, 0.25) is 0 Å². The molecule has 0 atom stereocenters. The minimum Gasteiger partial charge on any atom is -0.289 e. The average Bonchev–Trinajstić information content (AvgIpc) is 2.57. The molecule has 1 aliphatic rings. The molecule has 0 radical (unpaired) electrons. The van der Waals surface area contributed by atoms with E-state index in [9.17, 15) is 4.79 Å². The van der Waals surface area contributed by atoms with Gasteiger partial charge in [-0.1, -0.05) is 59.9 Å². The highest BCUT2D eigenvalue weighted by Crippen LogP contribution is 2.32. The SMILES string of the molecule is C=CCN1C(=O)/C(=C/c2cccc(C)c2)SC1=S. The highest BCUT2D eigenvalue weighted by Gasteiger charge is 2.30. The Kier molecular flexibility index (Phi) is 3.99. The van der Waals surface area contributed by atoms with Crippen LogP contribution in [0.5, 0.6) is 0 Å². The van der Waals surface area contributed by atoms with Crippen molar-refractivity contribution in [3.8, 4) is 0 Å². The molecule has 1 heterocycles. The molecule has 1 aromatic carbocycles. The quantitative estimate of drug-likeness (QED) is 0.479. The van der Waals surface area contributed by atoms with Crippen LogP contribution >= 0.6 is 24.0 Å². The maximum atomic E-state index is 12.1. The lowest BCUT2D eigenvalue weighted by Crippen LogP contribution is -2.27. The zero-order valence-electron chi connectivity index (χ0n) is 10.1. The molecule has 0 aromatic heterocycles. The fourth-order valence-electron chi connectivity index (χ4n) is 1.70. The van der Waals surface area contributed by atoms with Crippen LogP contribution in [0.3, 0.4) is 0 Å². The molecule has 2 rings (SSSR count). The standard InChI is InChI=1S/C14H13NOS2/c1-3-7-15-13(16)12(18-14(15)17)9-11-6-4-5-10(2)8-11/h3-6,8-9H,1,7H2,2H3/b12-9-. The Morgan fingerprint density at radius 3 is 2.94 bits per heavy atom. The maximum absolute atomic E-state index is 12.1. The topological polar surface area (TPSA) is 20.3 Å². The number of amides is 1. The number of benzene rings is 1. The normalized spacial score (nSPS) is 17.6. The number of carbonyl (C=O) groups is 1. The minimum absolute atomic E-state index is 0.0357. The van der Waals surface area contributed by atoms with Gasteiger partial charge in [-0.05, 0) is 18.6 Å². The Morgan fingerprint density at radius 1 is 1.50 bits per heavy atom. The third-order valence-corrected chi connectivity index (χ3v) is 3.90. The van der Waals surface area contributed by atoms with Gasteiger partial charge in [0.05, 0.1) is 4.91 Å². The van der Waals surface area contributed by atoms with Crippen molar-refractivity contribution in [2.45, 2.75) is 6.92 Å². The van der Waals surface area contributed by atoms with E-state index in [1.165, 1.54) is 17.3 Å². The molecule has 4 heteroatoms. The van der Waals surface area contributed by atoms with Gasteiger partial charge in [-0.2, -0.15) is 0 Å². The summed E-state index contributed by atoms with van der Waals surface area (Å²) < 4.78 is 0.596. The number of thioether (sulfide) groups is 1. The first kappa shape index (κ1) is 13.1. The number of hydrogen-bond acceptors (Lipinski definition) is 3. The highest BCUT2D eigenvalue weighted by atomic mass is 32.2. The molecule has 1 saturated heterocycles. The number of carbonyl (C=O) groups excluding carboxylic acids is 1. The fourth-order valence-corrected chi connectivity index (χ4v) is 2.97. The summed E-state index contributed by atoms with van der Waals surface area (Å²) in [6.07, 6.45) is 3.57. The smallest absolute Gasteiger partial charge is 0.266 e. The lowest BCUT2D eigenvalue weighted by molar-refractivity contribution is -0.121. The van der Waals surface area contributed by atoms with Crippen LogP contribution in [0, 0.1) is 6.92 Å². The largest absolute Gasteiger partial charge is 0.289 e. The molecule has 1 fully saturated rings. The molecule has 1 amide bonds. The molecular weight excluding hydrogens is 262 g/mol. The van der Waals surface area contributed by atoms with Crippen LogP contribution in [0.1, 0.15) is 11.1 Å².